The maximum atomic E-state index is 14.3. The lowest BCUT2D eigenvalue weighted by Gasteiger charge is -2.35. The van der Waals surface area contributed by atoms with Crippen LogP contribution in [0.4, 0.5) is 11.5 Å². The number of benzene rings is 2. The van der Waals surface area contributed by atoms with Crippen LogP contribution in [0.25, 0.3) is 22.5 Å². The van der Waals surface area contributed by atoms with E-state index in [0.29, 0.717) is 24.0 Å². The number of primary amides is 1. The highest BCUT2D eigenvalue weighted by Gasteiger charge is 2.36. The Morgan fingerprint density at radius 2 is 1.68 bits per heavy atom. The number of aromatic nitrogens is 5. The number of halogens is 1. The number of hydrogen-bond acceptors (Lipinski definition) is 9. The maximum Gasteiger partial charge on any atom is 0.240 e. The fourth-order valence-corrected chi connectivity index (χ4v) is 6.59. The second-order valence-electron chi connectivity index (χ2n) is 12.5. The summed E-state index contributed by atoms with van der Waals surface area (Å²) in [7, 11) is 2.14. The summed E-state index contributed by atoms with van der Waals surface area (Å²) in [6, 6.07) is 18.7. The van der Waals surface area contributed by atoms with Crippen molar-refractivity contribution in [3.8, 4) is 22.5 Å². The zero-order chi connectivity index (χ0) is 32.0. The van der Waals surface area contributed by atoms with Gasteiger partial charge in [0, 0.05) is 56.0 Å². The molecule has 0 unspecified atom stereocenters. The van der Waals surface area contributed by atoms with Crippen LogP contribution in [0.2, 0.25) is 0 Å². The van der Waals surface area contributed by atoms with Gasteiger partial charge in [0.15, 0.2) is 5.82 Å². The van der Waals surface area contributed by atoms with E-state index in [1.54, 1.807) is 4.90 Å². The van der Waals surface area contributed by atoms with E-state index >= 15 is 0 Å². The van der Waals surface area contributed by atoms with Crippen molar-refractivity contribution in [2.24, 2.45) is 23.3 Å². The summed E-state index contributed by atoms with van der Waals surface area (Å²) in [6.45, 7) is 4.49. The number of likely N-dealkylation sites (N-methyl/N-ethyl adjacent to an activating group) is 1. The third-order valence-electron chi connectivity index (χ3n) is 9.43. The first-order valence-electron chi connectivity index (χ1n) is 16.0. The average Bonchev–Trinajstić information content (AvgIpc) is 3.64. The van der Waals surface area contributed by atoms with Crippen LogP contribution in [-0.4, -0.2) is 88.1 Å². The average molecular weight is 659 g/mol. The number of amides is 2. The molecule has 4 aromatic rings. The standard InChI is InChI=1S/C34H42N10O2.ClH/c1-42-15-17-43(18-16-42)31-21-28(13-14-37-31)27-4-2-3-24(19-27)20-30(32(36)45)44(34(46)26-7-5-23(22-35)6-8-26)29-11-9-25(10-12-29)33-38-40-41-39-33;/h2-4,9-14,19,21,23,26,30H,5-8,15-18,20,22,35H2,1H3,(H2,36,45)(H,38,39,40,41);1H/t23-,26-,30-;/m0./s1. The van der Waals surface area contributed by atoms with Gasteiger partial charge in [0.25, 0.3) is 0 Å². The van der Waals surface area contributed by atoms with Crippen molar-refractivity contribution in [2.45, 2.75) is 38.1 Å². The molecule has 2 amide bonds. The molecule has 1 atom stereocenters. The van der Waals surface area contributed by atoms with Gasteiger partial charge >= 0.3 is 0 Å². The van der Waals surface area contributed by atoms with Crippen LogP contribution in [0.5, 0.6) is 0 Å². The number of nitrogens with one attached hydrogen (secondary N) is 1. The normalized spacial score (nSPS) is 19.1. The van der Waals surface area contributed by atoms with Crippen molar-refractivity contribution in [2.75, 3.05) is 49.6 Å². The Morgan fingerprint density at radius 1 is 0.957 bits per heavy atom. The van der Waals surface area contributed by atoms with Gasteiger partial charge in [-0.15, -0.1) is 17.5 Å². The highest BCUT2D eigenvalue weighted by molar-refractivity contribution is 6.01. The zero-order valence-electron chi connectivity index (χ0n) is 26.7. The lowest BCUT2D eigenvalue weighted by atomic mass is 9.81. The van der Waals surface area contributed by atoms with E-state index in [0.717, 1.165) is 79.9 Å². The number of hydrogen-bond donors (Lipinski definition) is 3. The summed E-state index contributed by atoms with van der Waals surface area (Å²) in [4.78, 5) is 38.4. The lowest BCUT2D eigenvalue weighted by molar-refractivity contribution is -0.127. The van der Waals surface area contributed by atoms with E-state index in [9.17, 15) is 9.59 Å². The number of H-pyrrole nitrogens is 1. The largest absolute Gasteiger partial charge is 0.368 e. The van der Waals surface area contributed by atoms with Crippen LogP contribution in [0.1, 0.15) is 31.2 Å². The fourth-order valence-electron chi connectivity index (χ4n) is 6.59. The summed E-state index contributed by atoms with van der Waals surface area (Å²) in [5, 5.41) is 14.0. The molecule has 12 nitrogen and oxygen atoms in total. The van der Waals surface area contributed by atoms with Gasteiger partial charge in [0.2, 0.25) is 11.8 Å². The minimum atomic E-state index is -0.883. The number of carbonyl (C=O) groups is 2. The molecule has 1 saturated carbocycles. The van der Waals surface area contributed by atoms with Gasteiger partial charge in [-0.2, -0.15) is 0 Å². The Kier molecular flexibility index (Phi) is 11.2. The molecule has 0 spiro atoms. The molecule has 0 radical (unpaired) electrons. The Balaban J connectivity index is 0.00000433. The van der Waals surface area contributed by atoms with E-state index in [1.165, 1.54) is 0 Å². The maximum absolute atomic E-state index is 14.3. The molecule has 47 heavy (non-hydrogen) atoms. The van der Waals surface area contributed by atoms with Crippen molar-refractivity contribution in [3.63, 3.8) is 0 Å². The Bertz CT molecular complexity index is 1620. The molecule has 2 aliphatic rings. The summed E-state index contributed by atoms with van der Waals surface area (Å²) >= 11 is 0. The van der Waals surface area contributed by atoms with Gasteiger partial charge in [-0.1, -0.05) is 24.3 Å². The van der Waals surface area contributed by atoms with Gasteiger partial charge in [-0.3, -0.25) is 14.5 Å². The number of tetrazole rings is 1. The highest BCUT2D eigenvalue weighted by Crippen LogP contribution is 2.33. The van der Waals surface area contributed by atoms with E-state index < -0.39 is 11.9 Å². The number of pyridine rings is 1. The van der Waals surface area contributed by atoms with E-state index in [2.05, 4.69) is 60.7 Å². The first-order valence-corrected chi connectivity index (χ1v) is 16.0. The molecule has 6 rings (SSSR count). The van der Waals surface area contributed by atoms with Crippen molar-refractivity contribution in [1.29, 1.82) is 0 Å². The van der Waals surface area contributed by atoms with Crippen LogP contribution in [0.3, 0.4) is 0 Å². The van der Waals surface area contributed by atoms with E-state index in [4.69, 9.17) is 11.5 Å². The van der Waals surface area contributed by atoms with Gasteiger partial charge in [0.05, 0.1) is 0 Å². The third-order valence-corrected chi connectivity index (χ3v) is 9.43. The smallest absolute Gasteiger partial charge is 0.240 e. The van der Waals surface area contributed by atoms with Crippen LogP contribution in [-0.2, 0) is 16.0 Å². The summed E-state index contributed by atoms with van der Waals surface area (Å²) in [5.74, 6) is 1.04. The molecular formula is C34H43ClN10O2. The fraction of sp³-hybridized carbons (Fsp3) is 0.412. The topological polar surface area (TPSA) is 163 Å². The number of rotatable bonds is 10. The molecule has 0 bridgehead atoms. The molecule has 2 fully saturated rings. The van der Waals surface area contributed by atoms with Crippen molar-refractivity contribution >= 4 is 35.7 Å². The van der Waals surface area contributed by atoms with Crippen molar-refractivity contribution < 1.29 is 9.59 Å². The molecule has 1 aliphatic heterocycles. The number of carbonyl (C=O) groups excluding carboxylic acids is 2. The molecule has 1 aliphatic carbocycles. The second kappa shape index (κ2) is 15.5. The second-order valence-corrected chi connectivity index (χ2v) is 12.5. The number of nitrogens with two attached hydrogens (primary N) is 2. The highest BCUT2D eigenvalue weighted by atomic mass is 35.5. The first-order chi connectivity index (χ1) is 22.4. The number of nitrogens with zero attached hydrogens (tertiary/aromatic N) is 7. The third kappa shape index (κ3) is 7.95. The van der Waals surface area contributed by atoms with Crippen molar-refractivity contribution in [3.05, 3.63) is 72.4 Å². The molecule has 2 aromatic carbocycles. The Hall–Kier alpha value is -4.39. The quantitative estimate of drug-likeness (QED) is 0.232. The Morgan fingerprint density at radius 3 is 2.34 bits per heavy atom. The van der Waals surface area contributed by atoms with Crippen molar-refractivity contribution in [1.82, 2.24) is 30.5 Å². The number of anilines is 2. The summed E-state index contributed by atoms with van der Waals surface area (Å²) in [6.07, 6.45) is 5.37. The van der Waals surface area contributed by atoms with Gasteiger partial charge < -0.3 is 21.3 Å². The summed E-state index contributed by atoms with van der Waals surface area (Å²) < 4.78 is 0. The van der Waals surface area contributed by atoms with Crippen LogP contribution >= 0.6 is 12.4 Å². The molecule has 13 heteroatoms. The lowest BCUT2D eigenvalue weighted by Crippen LogP contribution is -2.52. The van der Waals surface area contributed by atoms with E-state index in [1.807, 2.05) is 48.7 Å². The minimum absolute atomic E-state index is 0. The molecule has 248 valence electrons. The van der Waals surface area contributed by atoms with Gasteiger partial charge in [-0.25, -0.2) is 10.1 Å². The molecule has 2 aromatic heterocycles. The Labute approximate surface area is 281 Å². The van der Waals surface area contributed by atoms with Crippen LogP contribution < -0.4 is 21.3 Å². The molecule has 1 saturated heterocycles. The first kappa shape index (κ1) is 34.0. The molecule has 5 N–H and O–H groups in total. The SMILES string of the molecule is CN1CCN(c2cc(-c3cccc(C[C@@H](C(N)=O)N(c4ccc(-c5nnn[nH]5)cc4)C(=O)[C@H]4CC[C@H](CN)CC4)c3)ccn2)CC1.Cl. The minimum Gasteiger partial charge on any atom is -0.368 e. The zero-order valence-corrected chi connectivity index (χ0v) is 27.5. The predicted molar refractivity (Wildman–Crippen MR) is 185 cm³/mol. The van der Waals surface area contributed by atoms with Gasteiger partial charge in [-0.05, 0) is 109 Å². The number of aromatic amines is 1. The molecular weight excluding hydrogens is 616 g/mol. The van der Waals surface area contributed by atoms with Crippen LogP contribution in [0.15, 0.2) is 66.9 Å². The van der Waals surface area contributed by atoms with Gasteiger partial charge in [0.1, 0.15) is 11.9 Å². The number of piperazine rings is 1. The van der Waals surface area contributed by atoms with E-state index in [-0.39, 0.29) is 30.7 Å². The van der Waals surface area contributed by atoms with Crippen LogP contribution in [0, 0.1) is 11.8 Å². The predicted octanol–water partition coefficient (Wildman–Crippen LogP) is 3.30. The summed E-state index contributed by atoms with van der Waals surface area (Å²) in [5.41, 5.74) is 16.4. The monoisotopic (exact) mass is 658 g/mol. The molecule has 3 heterocycles.